The summed E-state index contributed by atoms with van der Waals surface area (Å²) in [4.78, 5) is 4.29. The summed E-state index contributed by atoms with van der Waals surface area (Å²) in [5, 5.41) is 1.25. The highest BCUT2D eigenvalue weighted by Crippen LogP contribution is 2.39. The second-order valence-corrected chi connectivity index (χ2v) is 3.53. The second-order valence-electron chi connectivity index (χ2n) is 3.53. The molecule has 63 valence electrons. The number of hydrogen-bond acceptors (Lipinski definition) is 1. The van der Waals surface area contributed by atoms with E-state index >= 15 is 0 Å². The van der Waals surface area contributed by atoms with E-state index in [1.54, 1.807) is 0 Å². The molecule has 0 bridgehead atoms. The average molecular weight is 168 g/mol. The highest BCUT2D eigenvalue weighted by Gasteiger charge is 2.23. The van der Waals surface area contributed by atoms with E-state index in [1.807, 2.05) is 12.3 Å². The second kappa shape index (κ2) is 2.56. The van der Waals surface area contributed by atoms with Gasteiger partial charge in [0.2, 0.25) is 0 Å². The molecule has 1 unspecified atom stereocenters. The third kappa shape index (κ3) is 1.21. The molecule has 1 nitrogen and oxygen atoms in total. The van der Waals surface area contributed by atoms with Gasteiger partial charge in [-0.15, -0.1) is 0 Å². The smallest absolute Gasteiger partial charge is 0.0702 e. The molecule has 1 fully saturated rings. The van der Waals surface area contributed by atoms with Crippen LogP contribution in [0.25, 0.3) is 10.9 Å². The molecule has 0 spiro atoms. The van der Waals surface area contributed by atoms with Crippen LogP contribution in [-0.2, 0) is 0 Å². The van der Waals surface area contributed by atoms with E-state index < -0.39 is 0 Å². The zero-order valence-electron chi connectivity index (χ0n) is 7.27. The number of benzene rings is 1. The summed E-state index contributed by atoms with van der Waals surface area (Å²) in [7, 11) is 0. The van der Waals surface area contributed by atoms with Crippen LogP contribution in [0.4, 0.5) is 0 Å². The molecule has 1 radical (unpaired) electrons. The number of hydrogen-bond donors (Lipinski definition) is 0. The lowest BCUT2D eigenvalue weighted by Crippen LogP contribution is -1.81. The average Bonchev–Trinajstić information content (AvgIpc) is 3.00. The van der Waals surface area contributed by atoms with Crippen LogP contribution in [0, 0.1) is 6.42 Å². The van der Waals surface area contributed by atoms with Gasteiger partial charge in [0.15, 0.2) is 0 Å². The molecule has 3 rings (SSSR count). The lowest BCUT2D eigenvalue weighted by atomic mass is 10.1. The number of aromatic nitrogens is 1. The van der Waals surface area contributed by atoms with Gasteiger partial charge in [-0.05, 0) is 42.5 Å². The fourth-order valence-corrected chi connectivity index (χ4v) is 1.66. The Morgan fingerprint density at radius 2 is 2.15 bits per heavy atom. The van der Waals surface area contributed by atoms with Crippen molar-refractivity contribution in [3.05, 3.63) is 48.5 Å². The van der Waals surface area contributed by atoms with Crippen LogP contribution in [0.2, 0.25) is 0 Å². The Morgan fingerprint density at radius 3 is 3.00 bits per heavy atom. The van der Waals surface area contributed by atoms with Gasteiger partial charge in [-0.25, -0.2) is 0 Å². The van der Waals surface area contributed by atoms with Crippen molar-refractivity contribution in [2.45, 2.75) is 12.3 Å². The molecule has 1 atom stereocenters. The van der Waals surface area contributed by atoms with Gasteiger partial charge >= 0.3 is 0 Å². The van der Waals surface area contributed by atoms with Gasteiger partial charge in [-0.1, -0.05) is 12.1 Å². The van der Waals surface area contributed by atoms with Crippen LogP contribution >= 0.6 is 0 Å². The molecule has 1 aromatic carbocycles. The van der Waals surface area contributed by atoms with Gasteiger partial charge < -0.3 is 0 Å². The molecule has 1 heterocycles. The third-order valence-electron chi connectivity index (χ3n) is 2.53. The van der Waals surface area contributed by atoms with Crippen LogP contribution in [0.1, 0.15) is 17.9 Å². The zero-order chi connectivity index (χ0) is 8.67. The van der Waals surface area contributed by atoms with Crippen LogP contribution < -0.4 is 0 Å². The van der Waals surface area contributed by atoms with E-state index in [-0.39, 0.29) is 0 Å². The standard InChI is InChI=1S/C12H10N/c1-2-11-8-10(9-3-4-9)5-6-12(11)13-7-1/h1-3,5-9H,4H2. The molecule has 0 aliphatic heterocycles. The maximum Gasteiger partial charge on any atom is 0.0702 e. The summed E-state index contributed by atoms with van der Waals surface area (Å²) in [6.45, 7) is 0. The van der Waals surface area contributed by atoms with Crippen LogP contribution in [-0.4, -0.2) is 4.98 Å². The first-order chi connectivity index (χ1) is 6.43. The summed E-state index contributed by atoms with van der Waals surface area (Å²) >= 11 is 0. The Hall–Kier alpha value is -1.37. The maximum absolute atomic E-state index is 4.29. The minimum atomic E-state index is 0.713. The van der Waals surface area contributed by atoms with E-state index in [9.17, 15) is 0 Å². The Labute approximate surface area is 77.4 Å². The molecule has 0 amide bonds. The van der Waals surface area contributed by atoms with Crippen LogP contribution in [0.5, 0.6) is 0 Å². The minimum absolute atomic E-state index is 0.713. The Morgan fingerprint density at radius 1 is 1.23 bits per heavy atom. The highest BCUT2D eigenvalue weighted by atomic mass is 14.6. The Bertz CT molecular complexity index is 444. The third-order valence-corrected chi connectivity index (χ3v) is 2.53. The lowest BCUT2D eigenvalue weighted by Gasteiger charge is -2.00. The lowest BCUT2D eigenvalue weighted by molar-refractivity contribution is 1.17. The van der Waals surface area contributed by atoms with Gasteiger partial charge in [0, 0.05) is 11.6 Å². The van der Waals surface area contributed by atoms with Crippen molar-refractivity contribution >= 4 is 10.9 Å². The first kappa shape index (κ1) is 7.07. The molecule has 1 heteroatoms. The molecule has 13 heavy (non-hydrogen) atoms. The predicted molar refractivity (Wildman–Crippen MR) is 53.4 cm³/mol. The SMILES string of the molecule is [CH]1CC1c1ccc2ncccc2c1. The molecule has 0 saturated heterocycles. The molecular weight excluding hydrogens is 158 g/mol. The van der Waals surface area contributed by atoms with E-state index in [0.29, 0.717) is 5.92 Å². The van der Waals surface area contributed by atoms with Crippen molar-refractivity contribution in [3.8, 4) is 0 Å². The maximum atomic E-state index is 4.29. The van der Waals surface area contributed by atoms with Crippen molar-refractivity contribution in [2.24, 2.45) is 0 Å². The molecule has 1 aromatic heterocycles. The summed E-state index contributed by atoms with van der Waals surface area (Å²) in [5.74, 6) is 0.713. The number of nitrogens with zero attached hydrogens (tertiary/aromatic N) is 1. The molecule has 1 saturated carbocycles. The predicted octanol–water partition coefficient (Wildman–Crippen LogP) is 2.93. The van der Waals surface area contributed by atoms with E-state index in [1.165, 1.54) is 17.4 Å². The molecular formula is C12H10N. The van der Waals surface area contributed by atoms with Crippen molar-refractivity contribution in [1.29, 1.82) is 0 Å². The minimum Gasteiger partial charge on any atom is -0.256 e. The number of pyridine rings is 1. The van der Waals surface area contributed by atoms with Gasteiger partial charge in [0.1, 0.15) is 0 Å². The van der Waals surface area contributed by atoms with Gasteiger partial charge in [-0.3, -0.25) is 4.98 Å². The van der Waals surface area contributed by atoms with Gasteiger partial charge in [0.25, 0.3) is 0 Å². The van der Waals surface area contributed by atoms with Crippen molar-refractivity contribution in [3.63, 3.8) is 0 Å². The fraction of sp³-hybridized carbons (Fsp3) is 0.167. The number of rotatable bonds is 1. The molecule has 0 N–H and O–H groups in total. The molecule has 1 aliphatic rings. The number of fused-ring (bicyclic) bond motifs is 1. The van der Waals surface area contributed by atoms with Crippen LogP contribution in [0.15, 0.2) is 36.5 Å². The summed E-state index contributed by atoms with van der Waals surface area (Å²) in [5.41, 5.74) is 2.52. The molecule has 1 aliphatic carbocycles. The fourth-order valence-electron chi connectivity index (χ4n) is 1.66. The van der Waals surface area contributed by atoms with Gasteiger partial charge in [-0.2, -0.15) is 0 Å². The summed E-state index contributed by atoms with van der Waals surface area (Å²) in [6, 6.07) is 10.6. The normalized spacial score (nSPS) is 16.3. The quantitative estimate of drug-likeness (QED) is 0.638. The largest absolute Gasteiger partial charge is 0.256 e. The topological polar surface area (TPSA) is 12.9 Å². The van der Waals surface area contributed by atoms with Crippen molar-refractivity contribution < 1.29 is 0 Å². The Kier molecular flexibility index (Phi) is 1.39. The first-order valence-corrected chi connectivity index (χ1v) is 4.61. The summed E-state index contributed by atoms with van der Waals surface area (Å²) < 4.78 is 0. The van der Waals surface area contributed by atoms with E-state index in [2.05, 4.69) is 35.7 Å². The highest BCUT2D eigenvalue weighted by molar-refractivity contribution is 5.79. The molecule has 2 aromatic rings. The van der Waals surface area contributed by atoms with Crippen LogP contribution in [0.3, 0.4) is 0 Å². The first-order valence-electron chi connectivity index (χ1n) is 4.61. The van der Waals surface area contributed by atoms with Crippen molar-refractivity contribution in [2.75, 3.05) is 0 Å². The van der Waals surface area contributed by atoms with E-state index in [0.717, 1.165) is 5.52 Å². The van der Waals surface area contributed by atoms with Crippen molar-refractivity contribution in [1.82, 2.24) is 4.98 Å². The zero-order valence-corrected chi connectivity index (χ0v) is 7.27. The van der Waals surface area contributed by atoms with E-state index in [4.69, 9.17) is 0 Å². The Balaban J connectivity index is 2.21. The van der Waals surface area contributed by atoms with Gasteiger partial charge in [0.05, 0.1) is 5.52 Å². The monoisotopic (exact) mass is 168 g/mol. The summed E-state index contributed by atoms with van der Waals surface area (Å²) in [6.07, 6.45) is 5.41.